The summed E-state index contributed by atoms with van der Waals surface area (Å²) in [6.45, 7) is 8.15. The molecule has 0 aromatic rings. The van der Waals surface area contributed by atoms with Crippen LogP contribution in [0.2, 0.25) is 0 Å². The molecular weight excluding hydrogens is 274 g/mol. The highest BCUT2D eigenvalue weighted by molar-refractivity contribution is 7.80. The highest BCUT2D eigenvalue weighted by Crippen LogP contribution is 2.12. The van der Waals surface area contributed by atoms with Crippen molar-refractivity contribution in [1.82, 2.24) is 9.80 Å². The summed E-state index contributed by atoms with van der Waals surface area (Å²) in [5, 5.41) is 0. The van der Waals surface area contributed by atoms with E-state index >= 15 is 0 Å². The number of nitrogens with zero attached hydrogens (tertiary/aromatic N) is 2. The minimum atomic E-state index is 0.0838. The van der Waals surface area contributed by atoms with Crippen LogP contribution in [0.25, 0.3) is 0 Å². The van der Waals surface area contributed by atoms with Gasteiger partial charge in [-0.1, -0.05) is 32.5 Å². The lowest BCUT2D eigenvalue weighted by Crippen LogP contribution is -2.55. The van der Waals surface area contributed by atoms with Crippen LogP contribution in [0.15, 0.2) is 0 Å². The minimum Gasteiger partial charge on any atom is -0.392 e. The molecule has 6 heteroatoms. The molecular formula is C14H27N3O2S. The first-order valence-electron chi connectivity index (χ1n) is 7.49. The van der Waals surface area contributed by atoms with Gasteiger partial charge in [0.05, 0.1) is 11.0 Å². The van der Waals surface area contributed by atoms with Gasteiger partial charge < -0.3 is 15.4 Å². The first-order chi connectivity index (χ1) is 9.60. The van der Waals surface area contributed by atoms with Crippen LogP contribution in [0.3, 0.4) is 0 Å². The Balaban J connectivity index is 2.38. The van der Waals surface area contributed by atoms with E-state index in [2.05, 4.69) is 11.8 Å². The van der Waals surface area contributed by atoms with Crippen molar-refractivity contribution in [2.75, 3.05) is 39.4 Å². The number of hydrogen-bond donors (Lipinski definition) is 1. The van der Waals surface area contributed by atoms with E-state index in [0.717, 1.165) is 45.4 Å². The number of hydrogen-bond acceptors (Lipinski definition) is 4. The van der Waals surface area contributed by atoms with Gasteiger partial charge in [0.25, 0.3) is 0 Å². The summed E-state index contributed by atoms with van der Waals surface area (Å²) < 4.78 is 5.30. The third kappa shape index (κ3) is 5.34. The van der Waals surface area contributed by atoms with Crippen molar-refractivity contribution >= 4 is 23.1 Å². The highest BCUT2D eigenvalue weighted by atomic mass is 32.1. The minimum absolute atomic E-state index is 0.0838. The average Bonchev–Trinajstić information content (AvgIpc) is 2.45. The van der Waals surface area contributed by atoms with E-state index in [4.69, 9.17) is 22.7 Å². The summed E-state index contributed by atoms with van der Waals surface area (Å²) in [4.78, 5) is 16.7. The van der Waals surface area contributed by atoms with Gasteiger partial charge in [-0.25, -0.2) is 0 Å². The van der Waals surface area contributed by atoms with E-state index in [1.54, 1.807) is 0 Å². The first-order valence-corrected chi connectivity index (χ1v) is 7.89. The SMILES string of the molecule is CCCOCC(=O)N1CCN(C(CCC)C(N)=S)CC1. The zero-order chi connectivity index (χ0) is 15.0. The van der Waals surface area contributed by atoms with Gasteiger partial charge in [0.1, 0.15) is 6.61 Å². The van der Waals surface area contributed by atoms with Gasteiger partial charge in [-0.05, 0) is 12.8 Å². The van der Waals surface area contributed by atoms with Gasteiger partial charge >= 0.3 is 0 Å². The van der Waals surface area contributed by atoms with Crippen LogP contribution in [0.4, 0.5) is 0 Å². The first kappa shape index (κ1) is 17.3. The molecule has 1 fully saturated rings. The second kappa shape index (κ2) is 9.26. The van der Waals surface area contributed by atoms with Crippen LogP contribution in [0.1, 0.15) is 33.1 Å². The second-order valence-electron chi connectivity index (χ2n) is 5.18. The summed E-state index contributed by atoms with van der Waals surface area (Å²) in [5.41, 5.74) is 5.82. The maximum Gasteiger partial charge on any atom is 0.248 e. The molecule has 1 aliphatic heterocycles. The molecule has 116 valence electrons. The molecule has 0 radical (unpaired) electrons. The Morgan fingerprint density at radius 3 is 2.40 bits per heavy atom. The van der Waals surface area contributed by atoms with Crippen molar-refractivity contribution in [2.45, 2.75) is 39.2 Å². The molecule has 0 aromatic carbocycles. The molecule has 1 heterocycles. The maximum absolute atomic E-state index is 11.9. The van der Waals surface area contributed by atoms with Gasteiger partial charge in [-0.15, -0.1) is 0 Å². The van der Waals surface area contributed by atoms with Crippen LogP contribution in [-0.4, -0.2) is 66.1 Å². The molecule has 0 spiro atoms. The van der Waals surface area contributed by atoms with Gasteiger partial charge in [0, 0.05) is 32.8 Å². The van der Waals surface area contributed by atoms with Crippen molar-refractivity contribution in [3.63, 3.8) is 0 Å². The fraction of sp³-hybridized carbons (Fsp3) is 0.857. The lowest BCUT2D eigenvalue weighted by Gasteiger charge is -2.38. The Morgan fingerprint density at radius 2 is 1.90 bits per heavy atom. The van der Waals surface area contributed by atoms with Crippen molar-refractivity contribution in [2.24, 2.45) is 5.73 Å². The lowest BCUT2D eigenvalue weighted by atomic mass is 10.1. The molecule has 0 aromatic heterocycles. The molecule has 1 rings (SSSR count). The van der Waals surface area contributed by atoms with Gasteiger partial charge in [-0.2, -0.15) is 0 Å². The Morgan fingerprint density at radius 1 is 1.25 bits per heavy atom. The molecule has 1 aliphatic rings. The van der Waals surface area contributed by atoms with E-state index in [-0.39, 0.29) is 18.6 Å². The Labute approximate surface area is 127 Å². The Bertz CT molecular complexity index is 318. The standard InChI is InChI=1S/C14H27N3O2S/c1-3-5-12(14(15)20)16-6-8-17(9-7-16)13(18)11-19-10-4-2/h12H,3-11H2,1-2H3,(H2,15,20). The van der Waals surface area contributed by atoms with E-state index < -0.39 is 0 Å². The van der Waals surface area contributed by atoms with E-state index in [1.165, 1.54) is 0 Å². The van der Waals surface area contributed by atoms with Crippen molar-refractivity contribution in [3.8, 4) is 0 Å². The van der Waals surface area contributed by atoms with E-state index in [9.17, 15) is 4.79 Å². The number of ether oxygens (including phenoxy) is 1. The monoisotopic (exact) mass is 301 g/mol. The topological polar surface area (TPSA) is 58.8 Å². The second-order valence-corrected chi connectivity index (χ2v) is 5.65. The normalized spacial score (nSPS) is 18.0. The molecule has 5 nitrogen and oxygen atoms in total. The molecule has 0 saturated carbocycles. The number of amides is 1. The summed E-state index contributed by atoms with van der Waals surface area (Å²) in [7, 11) is 0. The largest absolute Gasteiger partial charge is 0.392 e. The summed E-state index contributed by atoms with van der Waals surface area (Å²) in [6.07, 6.45) is 2.99. The van der Waals surface area contributed by atoms with Gasteiger partial charge in [0.2, 0.25) is 5.91 Å². The average molecular weight is 301 g/mol. The molecule has 1 saturated heterocycles. The molecule has 1 atom stereocenters. The number of nitrogens with two attached hydrogens (primary N) is 1. The Kier molecular flexibility index (Phi) is 8.02. The number of carbonyl (C=O) groups excluding carboxylic acids is 1. The molecule has 2 N–H and O–H groups in total. The van der Waals surface area contributed by atoms with Crippen LogP contribution in [0, 0.1) is 0 Å². The summed E-state index contributed by atoms with van der Waals surface area (Å²) in [6, 6.07) is 0.170. The predicted octanol–water partition coefficient (Wildman–Crippen LogP) is 1.01. The van der Waals surface area contributed by atoms with Crippen molar-refractivity contribution in [3.05, 3.63) is 0 Å². The maximum atomic E-state index is 11.9. The molecule has 1 amide bonds. The molecule has 0 aliphatic carbocycles. The molecule has 0 bridgehead atoms. The zero-order valence-electron chi connectivity index (χ0n) is 12.6. The van der Waals surface area contributed by atoms with Crippen LogP contribution < -0.4 is 5.73 Å². The Hall–Kier alpha value is -0.720. The fourth-order valence-electron chi connectivity index (χ4n) is 2.46. The van der Waals surface area contributed by atoms with Crippen molar-refractivity contribution in [1.29, 1.82) is 0 Å². The number of piperazine rings is 1. The summed E-state index contributed by atoms with van der Waals surface area (Å²) in [5.74, 6) is 0.0838. The van der Waals surface area contributed by atoms with Gasteiger partial charge in [-0.3, -0.25) is 9.69 Å². The quantitative estimate of drug-likeness (QED) is 0.536. The number of thiocarbonyl (C=S) groups is 1. The predicted molar refractivity (Wildman–Crippen MR) is 84.7 cm³/mol. The fourth-order valence-corrected chi connectivity index (χ4v) is 2.72. The third-order valence-electron chi connectivity index (χ3n) is 3.57. The van der Waals surface area contributed by atoms with Crippen LogP contribution in [-0.2, 0) is 9.53 Å². The van der Waals surface area contributed by atoms with E-state index in [1.807, 2.05) is 11.8 Å². The van der Waals surface area contributed by atoms with Crippen LogP contribution in [0.5, 0.6) is 0 Å². The summed E-state index contributed by atoms with van der Waals surface area (Å²) >= 11 is 5.15. The third-order valence-corrected chi connectivity index (χ3v) is 3.84. The highest BCUT2D eigenvalue weighted by Gasteiger charge is 2.26. The molecule has 20 heavy (non-hydrogen) atoms. The van der Waals surface area contributed by atoms with E-state index in [0.29, 0.717) is 11.6 Å². The van der Waals surface area contributed by atoms with Crippen molar-refractivity contribution < 1.29 is 9.53 Å². The smallest absolute Gasteiger partial charge is 0.248 e. The number of rotatable bonds is 8. The lowest BCUT2D eigenvalue weighted by molar-refractivity contribution is -0.138. The van der Waals surface area contributed by atoms with Crippen LogP contribution >= 0.6 is 12.2 Å². The number of carbonyl (C=O) groups is 1. The zero-order valence-corrected chi connectivity index (χ0v) is 13.5. The van der Waals surface area contributed by atoms with Gasteiger partial charge in [0.15, 0.2) is 0 Å². The molecule has 1 unspecified atom stereocenters.